The summed E-state index contributed by atoms with van der Waals surface area (Å²) in [6.07, 6.45) is 0. The van der Waals surface area contributed by atoms with Crippen molar-refractivity contribution in [2.45, 2.75) is 6.92 Å². The van der Waals surface area contributed by atoms with Gasteiger partial charge in [-0.25, -0.2) is 9.59 Å². The first-order chi connectivity index (χ1) is 8.10. The molecule has 1 saturated heterocycles. The van der Waals surface area contributed by atoms with Gasteiger partial charge in [0.05, 0.1) is 11.6 Å². The maximum Gasteiger partial charge on any atom is 0.333 e. The maximum atomic E-state index is 11.2. The van der Waals surface area contributed by atoms with E-state index in [1.807, 2.05) is 13.0 Å². The van der Waals surface area contributed by atoms with E-state index in [0.717, 1.165) is 5.56 Å². The van der Waals surface area contributed by atoms with E-state index in [0.29, 0.717) is 11.3 Å². The van der Waals surface area contributed by atoms with Gasteiger partial charge in [0, 0.05) is 5.69 Å². The molecule has 0 aliphatic carbocycles. The fraction of sp³-hybridized carbons (Fsp3) is 0.250. The predicted octanol–water partition coefficient (Wildman–Crippen LogP) is 0.756. The van der Waals surface area contributed by atoms with Crippen molar-refractivity contribution in [3.63, 3.8) is 0 Å². The van der Waals surface area contributed by atoms with Crippen molar-refractivity contribution in [1.29, 1.82) is 5.26 Å². The molecule has 0 unspecified atom stereocenters. The lowest BCUT2D eigenvalue weighted by Crippen LogP contribution is -2.43. The summed E-state index contributed by atoms with van der Waals surface area (Å²) in [6.45, 7) is 1.92. The zero-order valence-corrected chi connectivity index (χ0v) is 9.27. The number of rotatable bonds is 1. The molecule has 2 rings (SSSR count). The van der Waals surface area contributed by atoms with E-state index >= 15 is 0 Å². The van der Waals surface area contributed by atoms with E-state index in [-0.39, 0.29) is 13.1 Å². The van der Waals surface area contributed by atoms with E-state index in [4.69, 9.17) is 5.26 Å². The van der Waals surface area contributed by atoms with Crippen LogP contribution >= 0.6 is 0 Å². The third-order valence-electron chi connectivity index (χ3n) is 2.55. The molecule has 1 aliphatic rings. The molecule has 1 fully saturated rings. The highest BCUT2D eigenvalue weighted by atomic mass is 16.6. The number of carbonyl (C=O) groups excluding carboxylic acids is 2. The number of carbonyl (C=O) groups is 2. The van der Waals surface area contributed by atoms with Gasteiger partial charge < -0.3 is 9.64 Å². The second-order valence-electron chi connectivity index (χ2n) is 3.82. The van der Waals surface area contributed by atoms with Gasteiger partial charge in [-0.1, -0.05) is 6.07 Å². The van der Waals surface area contributed by atoms with Crippen molar-refractivity contribution in [3.05, 3.63) is 29.3 Å². The Bertz CT molecular complexity index is 515. The summed E-state index contributed by atoms with van der Waals surface area (Å²) in [5.74, 6) is -1.13. The van der Waals surface area contributed by atoms with Crippen LogP contribution in [0.5, 0.6) is 0 Å². The number of morpholine rings is 1. The molecule has 0 saturated carbocycles. The lowest BCUT2D eigenvalue weighted by atomic mass is 10.1. The Labute approximate surface area is 98.2 Å². The molecule has 1 heterocycles. The number of ether oxygens (including phenoxy) is 1. The highest BCUT2D eigenvalue weighted by Gasteiger charge is 2.25. The van der Waals surface area contributed by atoms with E-state index in [1.165, 1.54) is 0 Å². The molecule has 0 atom stereocenters. The van der Waals surface area contributed by atoms with Crippen molar-refractivity contribution in [3.8, 4) is 6.07 Å². The minimum absolute atomic E-state index is 0.0292. The van der Waals surface area contributed by atoms with Crippen molar-refractivity contribution in [1.82, 2.24) is 0 Å². The first-order valence-electron chi connectivity index (χ1n) is 5.09. The van der Waals surface area contributed by atoms with Gasteiger partial charge in [0.25, 0.3) is 0 Å². The number of hydrogen-bond acceptors (Lipinski definition) is 5. The number of nitrogens with zero attached hydrogens (tertiary/aromatic N) is 2. The third kappa shape index (κ3) is 2.26. The molecule has 86 valence electrons. The van der Waals surface area contributed by atoms with Crippen LogP contribution in [0, 0.1) is 18.3 Å². The number of benzene rings is 1. The van der Waals surface area contributed by atoms with Crippen LogP contribution in [0.1, 0.15) is 11.1 Å². The quantitative estimate of drug-likeness (QED) is 0.526. The van der Waals surface area contributed by atoms with Crippen molar-refractivity contribution >= 4 is 17.6 Å². The van der Waals surface area contributed by atoms with Crippen LogP contribution in [-0.4, -0.2) is 25.0 Å². The summed E-state index contributed by atoms with van der Waals surface area (Å²) in [5, 5.41) is 8.83. The average molecular weight is 230 g/mol. The van der Waals surface area contributed by atoms with Gasteiger partial charge in [-0.3, -0.25) is 0 Å². The van der Waals surface area contributed by atoms with Crippen LogP contribution in [0.3, 0.4) is 0 Å². The van der Waals surface area contributed by atoms with Crippen LogP contribution in [-0.2, 0) is 14.3 Å². The lowest BCUT2D eigenvalue weighted by Gasteiger charge is -2.27. The summed E-state index contributed by atoms with van der Waals surface area (Å²) < 4.78 is 4.45. The average Bonchev–Trinajstić information content (AvgIpc) is 2.28. The molecule has 5 nitrogen and oxygen atoms in total. The van der Waals surface area contributed by atoms with E-state index in [1.54, 1.807) is 23.1 Å². The Morgan fingerprint density at radius 2 is 1.94 bits per heavy atom. The Hall–Kier alpha value is -2.35. The minimum atomic E-state index is -0.567. The van der Waals surface area contributed by atoms with Crippen LogP contribution in [0.4, 0.5) is 5.69 Å². The molecule has 17 heavy (non-hydrogen) atoms. The van der Waals surface area contributed by atoms with Gasteiger partial charge in [0.1, 0.15) is 13.1 Å². The first-order valence-corrected chi connectivity index (χ1v) is 5.09. The van der Waals surface area contributed by atoms with Crippen molar-refractivity contribution in [2.24, 2.45) is 0 Å². The summed E-state index contributed by atoms with van der Waals surface area (Å²) >= 11 is 0. The Kier molecular flexibility index (Phi) is 2.79. The van der Waals surface area contributed by atoms with Crippen LogP contribution < -0.4 is 4.90 Å². The number of cyclic esters (lactones) is 2. The van der Waals surface area contributed by atoms with Gasteiger partial charge in [-0.15, -0.1) is 0 Å². The fourth-order valence-electron chi connectivity index (χ4n) is 1.75. The smallest absolute Gasteiger partial charge is 0.333 e. The van der Waals surface area contributed by atoms with Gasteiger partial charge in [0.2, 0.25) is 0 Å². The van der Waals surface area contributed by atoms with Crippen LogP contribution in [0.25, 0.3) is 0 Å². The molecule has 1 aromatic carbocycles. The number of anilines is 1. The molecule has 0 radical (unpaired) electrons. The highest BCUT2D eigenvalue weighted by Crippen LogP contribution is 2.22. The van der Waals surface area contributed by atoms with Crippen LogP contribution in [0.2, 0.25) is 0 Å². The number of aryl methyl sites for hydroxylation is 1. The molecule has 1 aliphatic heterocycles. The summed E-state index contributed by atoms with van der Waals surface area (Å²) in [5.41, 5.74) is 2.12. The van der Waals surface area contributed by atoms with Gasteiger partial charge >= 0.3 is 11.9 Å². The zero-order valence-electron chi connectivity index (χ0n) is 9.27. The molecule has 0 spiro atoms. The normalized spacial score (nSPS) is 15.4. The first kappa shape index (κ1) is 11.1. The zero-order chi connectivity index (χ0) is 12.4. The van der Waals surface area contributed by atoms with E-state index in [9.17, 15) is 9.59 Å². The third-order valence-corrected chi connectivity index (χ3v) is 2.55. The summed E-state index contributed by atoms with van der Waals surface area (Å²) in [6, 6.07) is 7.18. The molecule has 0 bridgehead atoms. The molecule has 0 amide bonds. The molecule has 0 aromatic heterocycles. The summed E-state index contributed by atoms with van der Waals surface area (Å²) in [4.78, 5) is 24.0. The van der Waals surface area contributed by atoms with Crippen molar-refractivity contribution in [2.75, 3.05) is 18.0 Å². The monoisotopic (exact) mass is 230 g/mol. The van der Waals surface area contributed by atoms with Gasteiger partial charge in [0.15, 0.2) is 0 Å². The van der Waals surface area contributed by atoms with Crippen molar-refractivity contribution < 1.29 is 14.3 Å². The molecular formula is C12H10N2O3. The Balaban J connectivity index is 2.36. The number of hydrogen-bond donors (Lipinski definition) is 0. The van der Waals surface area contributed by atoms with Crippen LogP contribution in [0.15, 0.2) is 18.2 Å². The number of nitriles is 1. The largest absolute Gasteiger partial charge is 0.390 e. The summed E-state index contributed by atoms with van der Waals surface area (Å²) in [7, 11) is 0. The Morgan fingerprint density at radius 1 is 1.29 bits per heavy atom. The standard InChI is InChI=1S/C12H10N2O3/c1-8-2-3-9(5-13)4-10(8)14-6-11(15)17-12(16)7-14/h2-4H,6-7H2,1H3. The molecule has 5 heteroatoms. The predicted molar refractivity (Wildman–Crippen MR) is 59.2 cm³/mol. The SMILES string of the molecule is Cc1ccc(C#N)cc1N1CC(=O)OC(=O)C1. The fourth-order valence-corrected chi connectivity index (χ4v) is 1.75. The highest BCUT2D eigenvalue weighted by molar-refractivity contribution is 5.94. The topological polar surface area (TPSA) is 70.4 Å². The second-order valence-corrected chi connectivity index (χ2v) is 3.82. The number of esters is 2. The van der Waals surface area contributed by atoms with E-state index in [2.05, 4.69) is 4.74 Å². The maximum absolute atomic E-state index is 11.2. The van der Waals surface area contributed by atoms with Gasteiger partial charge in [-0.2, -0.15) is 5.26 Å². The van der Waals surface area contributed by atoms with E-state index < -0.39 is 11.9 Å². The molecule has 1 aromatic rings. The molecule has 0 N–H and O–H groups in total. The van der Waals surface area contributed by atoms with Gasteiger partial charge in [-0.05, 0) is 24.6 Å². The lowest BCUT2D eigenvalue weighted by molar-refractivity contribution is -0.160. The minimum Gasteiger partial charge on any atom is -0.390 e. The molecular weight excluding hydrogens is 220 g/mol. The Morgan fingerprint density at radius 3 is 2.53 bits per heavy atom. The second kappa shape index (κ2) is 4.26.